The maximum atomic E-state index is 13.5. The molecular weight excluding hydrogens is 561 g/mol. The van der Waals surface area contributed by atoms with Crippen LogP contribution in [-0.2, 0) is 30.8 Å². The van der Waals surface area contributed by atoms with Crippen molar-refractivity contribution in [2.45, 2.75) is 29.4 Å². The van der Waals surface area contributed by atoms with Gasteiger partial charge in [-0.2, -0.15) is 13.2 Å². The van der Waals surface area contributed by atoms with Crippen LogP contribution in [0.25, 0.3) is 10.8 Å². The molecule has 0 aliphatic carbocycles. The van der Waals surface area contributed by atoms with E-state index in [2.05, 4.69) is 10.5 Å². The van der Waals surface area contributed by atoms with Crippen LogP contribution in [0.1, 0.15) is 5.69 Å². The van der Waals surface area contributed by atoms with E-state index in [1.807, 2.05) is 0 Å². The summed E-state index contributed by atoms with van der Waals surface area (Å²) in [5.41, 5.74) is 15.5. The van der Waals surface area contributed by atoms with Crippen molar-refractivity contribution >= 4 is 44.1 Å². The highest BCUT2D eigenvalue weighted by molar-refractivity contribution is 7.91. The van der Waals surface area contributed by atoms with Gasteiger partial charge in [0, 0.05) is 11.1 Å². The largest absolute Gasteiger partial charge is 0.490 e. The van der Waals surface area contributed by atoms with Crippen LogP contribution in [0.4, 0.5) is 18.9 Å². The fraction of sp³-hybridized carbons (Fsp3) is 0.217. The molecule has 0 atom stereocenters. The zero-order valence-corrected chi connectivity index (χ0v) is 21.6. The summed E-state index contributed by atoms with van der Waals surface area (Å²) in [6, 6.07) is 13.1. The Morgan fingerprint density at radius 1 is 1.12 bits per heavy atom. The number of fused-ring (bicyclic) bond motifs is 1. The normalized spacial score (nSPS) is 11.2. The molecule has 1 amide bonds. The molecule has 0 radical (unpaired) electrons. The van der Waals surface area contributed by atoms with Gasteiger partial charge in [0.2, 0.25) is 21.7 Å². The van der Waals surface area contributed by atoms with Gasteiger partial charge in [0.25, 0.3) is 5.56 Å². The first-order valence-corrected chi connectivity index (χ1v) is 12.6. The Morgan fingerprint density at radius 2 is 1.73 bits per heavy atom. The summed E-state index contributed by atoms with van der Waals surface area (Å²) >= 11 is 0. The lowest BCUT2D eigenvalue weighted by Gasteiger charge is -2.15. The second-order valence-electron chi connectivity index (χ2n) is 7.94. The number of pyridine rings is 1. The average molecular weight is 587 g/mol. The highest BCUT2D eigenvalue weighted by Gasteiger charge is 2.38. The van der Waals surface area contributed by atoms with Crippen molar-refractivity contribution in [1.29, 1.82) is 0 Å². The first-order valence-electron chi connectivity index (χ1n) is 11.1. The number of sulfone groups is 1. The Balaban J connectivity index is 0.000000708. The van der Waals surface area contributed by atoms with Crippen LogP contribution >= 0.6 is 0 Å². The van der Waals surface area contributed by atoms with E-state index < -0.39 is 44.9 Å². The van der Waals surface area contributed by atoms with E-state index in [-0.39, 0.29) is 29.7 Å². The summed E-state index contributed by atoms with van der Waals surface area (Å²) in [7, 11) is -4.28. The molecule has 0 spiro atoms. The number of rotatable bonds is 8. The quantitative estimate of drug-likeness (QED) is 0.107. The molecule has 3 rings (SSSR count). The standard InChI is InChI=1S/C21H24N6O5S.C2HF3O2/c1-13-11-16(22)19(20(29)27(13)12-18(28)25-9-10-32-26-21(23)24)33(30,31)17-8-4-6-14-5-2-3-7-15(14)17;3-2(4,5)1(6)7/h2-8,11H,9-10,12,22H2,1H3,(H,25,28)(H4,23,24,26);(H,6,7). The number of oxime groups is 1. The molecule has 0 saturated heterocycles. The number of carboxylic acid groups (broad SMARTS) is 1. The smallest absolute Gasteiger partial charge is 0.475 e. The van der Waals surface area contributed by atoms with E-state index in [4.69, 9.17) is 31.9 Å². The highest BCUT2D eigenvalue weighted by Crippen LogP contribution is 2.29. The molecule has 1 aromatic heterocycles. The summed E-state index contributed by atoms with van der Waals surface area (Å²) in [5, 5.41) is 14.1. The SMILES string of the molecule is Cc1cc(N)c(S(=O)(=O)c2cccc3ccccc23)c(=O)n1CC(=O)NCCON=C(N)N.O=C(O)C(F)(F)F. The van der Waals surface area contributed by atoms with Crippen molar-refractivity contribution in [2.24, 2.45) is 16.6 Å². The number of carboxylic acids is 1. The summed E-state index contributed by atoms with van der Waals surface area (Å²) in [6.45, 7) is 1.21. The Morgan fingerprint density at radius 3 is 2.33 bits per heavy atom. The molecule has 216 valence electrons. The minimum atomic E-state index is -5.08. The number of guanidine groups is 1. The fourth-order valence-electron chi connectivity index (χ4n) is 3.34. The number of hydrogen-bond donors (Lipinski definition) is 5. The van der Waals surface area contributed by atoms with Gasteiger partial charge in [0.15, 0.2) is 4.90 Å². The fourth-order valence-corrected chi connectivity index (χ4v) is 5.00. The molecule has 3 aromatic rings. The number of carbonyl (C=O) groups is 2. The van der Waals surface area contributed by atoms with Crippen molar-refractivity contribution in [2.75, 3.05) is 18.9 Å². The van der Waals surface area contributed by atoms with Gasteiger partial charge in [-0.25, -0.2) is 13.2 Å². The van der Waals surface area contributed by atoms with Crippen molar-refractivity contribution in [3.05, 3.63) is 64.6 Å². The molecule has 40 heavy (non-hydrogen) atoms. The number of halogens is 3. The van der Waals surface area contributed by atoms with Crippen LogP contribution in [0, 0.1) is 6.92 Å². The molecule has 0 saturated carbocycles. The van der Waals surface area contributed by atoms with E-state index in [9.17, 15) is 31.2 Å². The maximum Gasteiger partial charge on any atom is 0.490 e. The van der Waals surface area contributed by atoms with Gasteiger partial charge in [-0.15, -0.1) is 0 Å². The number of anilines is 1. The summed E-state index contributed by atoms with van der Waals surface area (Å²) < 4.78 is 59.8. The molecule has 0 fully saturated rings. The number of aromatic nitrogens is 1. The second kappa shape index (κ2) is 12.8. The zero-order chi connectivity index (χ0) is 30.3. The summed E-state index contributed by atoms with van der Waals surface area (Å²) in [5.74, 6) is -3.55. The van der Waals surface area contributed by atoms with Gasteiger partial charge >= 0.3 is 12.1 Å². The number of nitrogens with zero attached hydrogens (tertiary/aromatic N) is 2. The van der Waals surface area contributed by atoms with Crippen molar-refractivity contribution < 1.29 is 41.1 Å². The zero-order valence-electron chi connectivity index (χ0n) is 20.8. The Labute approximate surface area is 224 Å². The first kappa shape index (κ1) is 31.4. The third-order valence-corrected chi connectivity index (χ3v) is 6.91. The summed E-state index contributed by atoms with van der Waals surface area (Å²) in [6.07, 6.45) is -5.08. The average Bonchev–Trinajstić information content (AvgIpc) is 2.85. The number of nitrogen functional groups attached to an aromatic ring is 1. The third kappa shape index (κ3) is 7.85. The number of amides is 1. The Kier molecular flexibility index (Phi) is 10.1. The highest BCUT2D eigenvalue weighted by atomic mass is 32.2. The number of benzene rings is 2. The van der Waals surface area contributed by atoms with E-state index in [0.717, 1.165) is 4.57 Å². The van der Waals surface area contributed by atoms with Gasteiger partial charge in [-0.1, -0.05) is 36.4 Å². The number of aliphatic carboxylic acids is 1. The van der Waals surface area contributed by atoms with Gasteiger partial charge < -0.3 is 37.0 Å². The van der Waals surface area contributed by atoms with Crippen molar-refractivity contribution in [3.63, 3.8) is 0 Å². The van der Waals surface area contributed by atoms with Crippen LogP contribution in [0.3, 0.4) is 0 Å². The van der Waals surface area contributed by atoms with Gasteiger partial charge in [0.1, 0.15) is 13.2 Å². The first-order chi connectivity index (χ1) is 18.6. The molecular formula is C23H25F3N6O7S. The lowest BCUT2D eigenvalue weighted by molar-refractivity contribution is -0.192. The topological polar surface area (TPSA) is 222 Å². The maximum absolute atomic E-state index is 13.5. The van der Waals surface area contributed by atoms with Crippen molar-refractivity contribution in [1.82, 2.24) is 9.88 Å². The monoisotopic (exact) mass is 586 g/mol. The van der Waals surface area contributed by atoms with Crippen LogP contribution in [0.5, 0.6) is 0 Å². The van der Waals surface area contributed by atoms with E-state index in [1.54, 1.807) is 43.3 Å². The molecule has 0 bridgehead atoms. The predicted octanol–water partition coefficient (Wildman–Crippen LogP) is 0.679. The molecule has 13 nitrogen and oxygen atoms in total. The van der Waals surface area contributed by atoms with E-state index >= 15 is 0 Å². The predicted molar refractivity (Wildman–Crippen MR) is 138 cm³/mol. The van der Waals surface area contributed by atoms with Crippen LogP contribution in [0.2, 0.25) is 0 Å². The van der Waals surface area contributed by atoms with E-state index in [0.29, 0.717) is 16.5 Å². The van der Waals surface area contributed by atoms with E-state index in [1.165, 1.54) is 12.1 Å². The van der Waals surface area contributed by atoms with Crippen LogP contribution in [0.15, 0.2) is 68.3 Å². The Hall–Kier alpha value is -4.80. The lowest BCUT2D eigenvalue weighted by atomic mass is 10.1. The van der Waals surface area contributed by atoms with Gasteiger partial charge in [-0.3, -0.25) is 9.59 Å². The number of alkyl halides is 3. The molecule has 0 unspecified atom stereocenters. The third-order valence-electron chi connectivity index (χ3n) is 5.03. The number of nitrogens with one attached hydrogen (secondary N) is 1. The van der Waals surface area contributed by atoms with Crippen LogP contribution in [-0.4, -0.2) is 55.3 Å². The summed E-state index contributed by atoms with van der Waals surface area (Å²) in [4.78, 5) is 38.6. The van der Waals surface area contributed by atoms with Gasteiger partial charge in [-0.05, 0) is 29.6 Å². The van der Waals surface area contributed by atoms with Gasteiger partial charge in [0.05, 0.1) is 17.1 Å². The Bertz CT molecular complexity index is 1600. The molecule has 0 aliphatic rings. The lowest BCUT2D eigenvalue weighted by Crippen LogP contribution is -2.37. The molecule has 8 N–H and O–H groups in total. The van der Waals surface area contributed by atoms with Crippen LogP contribution < -0.4 is 28.1 Å². The number of hydrogen-bond acceptors (Lipinski definition) is 8. The number of aryl methyl sites for hydroxylation is 1. The number of nitrogens with two attached hydrogens (primary N) is 3. The number of carbonyl (C=O) groups excluding carboxylic acids is 1. The molecule has 0 aliphatic heterocycles. The molecule has 2 aromatic carbocycles. The molecule has 1 heterocycles. The minimum Gasteiger partial charge on any atom is -0.475 e. The molecule has 17 heteroatoms. The van der Waals surface area contributed by atoms with Crippen molar-refractivity contribution in [3.8, 4) is 0 Å². The second-order valence-corrected chi connectivity index (χ2v) is 9.80. The minimum absolute atomic E-state index is 0.0000303.